The third-order valence-corrected chi connectivity index (χ3v) is 4.72. The van der Waals surface area contributed by atoms with Crippen LogP contribution >= 0.6 is 11.3 Å². The Bertz CT molecular complexity index is 943. The van der Waals surface area contributed by atoms with Crippen molar-refractivity contribution < 1.29 is 14.6 Å². The number of carbonyl (C=O) groups is 1. The Morgan fingerprint density at radius 3 is 2.58 bits per heavy atom. The van der Waals surface area contributed by atoms with Crippen molar-refractivity contribution in [1.82, 2.24) is 9.97 Å². The van der Waals surface area contributed by atoms with Crippen LogP contribution in [-0.2, 0) is 12.8 Å². The first-order valence-electron chi connectivity index (χ1n) is 8.10. The van der Waals surface area contributed by atoms with E-state index >= 15 is 0 Å². The van der Waals surface area contributed by atoms with Gasteiger partial charge in [-0.3, -0.25) is 19.6 Å². The molecule has 0 unspecified atom stereocenters. The first-order valence-corrected chi connectivity index (χ1v) is 8.91. The minimum atomic E-state index is -0.262. The normalized spacial score (nSPS) is 10.7. The van der Waals surface area contributed by atoms with Crippen LogP contribution < -0.4 is 9.61 Å². The number of aromatic amines is 1. The second-order valence-electron chi connectivity index (χ2n) is 5.80. The number of rotatable bonds is 7. The highest BCUT2D eigenvalue weighted by Gasteiger charge is 2.08. The molecule has 134 valence electrons. The SMILES string of the molecule is CC(=O)c1ccc(CCOc2ccc(Cc3sc(=O)[nH]c3O)cc2)nc1. The van der Waals surface area contributed by atoms with Crippen LogP contribution in [0.1, 0.15) is 33.4 Å². The molecular formula is C19H18N2O4S. The van der Waals surface area contributed by atoms with Gasteiger partial charge in [0.25, 0.3) is 0 Å². The number of aromatic nitrogens is 2. The van der Waals surface area contributed by atoms with E-state index in [2.05, 4.69) is 9.97 Å². The number of pyridine rings is 1. The highest BCUT2D eigenvalue weighted by molar-refractivity contribution is 7.09. The predicted octanol–water partition coefficient (Wildman–Crippen LogP) is 2.95. The van der Waals surface area contributed by atoms with Gasteiger partial charge >= 0.3 is 4.87 Å². The Balaban J connectivity index is 1.52. The van der Waals surface area contributed by atoms with Gasteiger partial charge in [-0.2, -0.15) is 0 Å². The average molecular weight is 370 g/mol. The predicted molar refractivity (Wildman–Crippen MR) is 99.3 cm³/mol. The average Bonchev–Trinajstić information content (AvgIpc) is 2.94. The van der Waals surface area contributed by atoms with Crippen LogP contribution in [0.4, 0.5) is 0 Å². The van der Waals surface area contributed by atoms with Crippen molar-refractivity contribution in [2.24, 2.45) is 0 Å². The number of Topliss-reactive ketones (excluding diaryl/α,β-unsaturated/α-hetero) is 1. The summed E-state index contributed by atoms with van der Waals surface area (Å²) in [7, 11) is 0. The number of carbonyl (C=O) groups excluding carboxylic acids is 1. The van der Waals surface area contributed by atoms with Crippen LogP contribution in [0.15, 0.2) is 47.4 Å². The van der Waals surface area contributed by atoms with E-state index in [1.165, 1.54) is 6.92 Å². The molecule has 0 aliphatic rings. The van der Waals surface area contributed by atoms with Crippen molar-refractivity contribution in [2.75, 3.05) is 6.61 Å². The van der Waals surface area contributed by atoms with Crippen molar-refractivity contribution in [3.8, 4) is 11.6 Å². The Labute approximate surface area is 154 Å². The number of nitrogens with zero attached hydrogens (tertiary/aromatic N) is 1. The van der Waals surface area contributed by atoms with E-state index in [0.29, 0.717) is 29.9 Å². The van der Waals surface area contributed by atoms with Crippen LogP contribution in [0.2, 0.25) is 0 Å². The molecule has 0 aliphatic heterocycles. The summed E-state index contributed by atoms with van der Waals surface area (Å²) in [4.78, 5) is 29.4. The number of H-pyrrole nitrogens is 1. The lowest BCUT2D eigenvalue weighted by atomic mass is 10.1. The fourth-order valence-corrected chi connectivity index (χ4v) is 3.17. The molecule has 2 N–H and O–H groups in total. The van der Waals surface area contributed by atoms with Gasteiger partial charge in [0.15, 0.2) is 5.78 Å². The molecule has 0 spiro atoms. The molecule has 1 aromatic carbocycles. The van der Waals surface area contributed by atoms with Crippen molar-refractivity contribution in [2.45, 2.75) is 19.8 Å². The van der Waals surface area contributed by atoms with Gasteiger partial charge in [0.05, 0.1) is 11.5 Å². The van der Waals surface area contributed by atoms with E-state index < -0.39 is 0 Å². The molecule has 2 aromatic heterocycles. The molecule has 6 nitrogen and oxygen atoms in total. The van der Waals surface area contributed by atoms with E-state index in [0.717, 1.165) is 28.3 Å². The van der Waals surface area contributed by atoms with Crippen molar-refractivity contribution in [3.05, 3.63) is 74.0 Å². The third kappa shape index (κ3) is 4.58. The highest BCUT2D eigenvalue weighted by Crippen LogP contribution is 2.21. The number of ether oxygens (including phenoxy) is 1. The number of thiazole rings is 1. The first kappa shape index (κ1) is 17.9. The standard InChI is InChI=1S/C19H18N2O4S/c1-12(22)14-4-5-15(20-11-14)8-9-25-16-6-2-13(3-7-16)10-17-18(23)21-19(24)26-17/h2-7,11,23H,8-10H2,1H3,(H,21,24). The third-order valence-electron chi connectivity index (χ3n) is 3.85. The van der Waals surface area contributed by atoms with E-state index in [9.17, 15) is 14.7 Å². The second kappa shape index (κ2) is 7.97. The van der Waals surface area contributed by atoms with E-state index in [1.54, 1.807) is 12.3 Å². The molecule has 0 amide bonds. The molecule has 0 atom stereocenters. The minimum Gasteiger partial charge on any atom is -0.494 e. The summed E-state index contributed by atoms with van der Waals surface area (Å²) < 4.78 is 5.71. The first-order chi connectivity index (χ1) is 12.5. The van der Waals surface area contributed by atoms with Gasteiger partial charge in [-0.1, -0.05) is 23.5 Å². The summed E-state index contributed by atoms with van der Waals surface area (Å²) in [5.41, 5.74) is 2.44. The molecular weight excluding hydrogens is 352 g/mol. The van der Waals surface area contributed by atoms with Crippen molar-refractivity contribution in [1.29, 1.82) is 0 Å². The molecule has 0 saturated carbocycles. The topological polar surface area (TPSA) is 92.3 Å². The molecule has 3 aromatic rings. The summed E-state index contributed by atoms with van der Waals surface area (Å²) in [5, 5.41) is 9.62. The lowest BCUT2D eigenvalue weighted by molar-refractivity contribution is 0.101. The van der Waals surface area contributed by atoms with Gasteiger partial charge in [0, 0.05) is 30.3 Å². The summed E-state index contributed by atoms with van der Waals surface area (Å²) in [6.45, 7) is 1.99. The molecule has 0 aliphatic carbocycles. The number of hydrogen-bond acceptors (Lipinski definition) is 6. The lowest BCUT2D eigenvalue weighted by Gasteiger charge is -2.07. The van der Waals surface area contributed by atoms with Gasteiger partial charge in [0.1, 0.15) is 5.75 Å². The fourth-order valence-electron chi connectivity index (χ4n) is 2.41. The van der Waals surface area contributed by atoms with Gasteiger partial charge in [-0.15, -0.1) is 0 Å². The van der Waals surface area contributed by atoms with Crippen LogP contribution in [0, 0.1) is 0 Å². The maximum absolute atomic E-state index is 11.2. The lowest BCUT2D eigenvalue weighted by Crippen LogP contribution is -2.04. The van der Waals surface area contributed by atoms with E-state index in [-0.39, 0.29) is 16.5 Å². The summed E-state index contributed by atoms with van der Waals surface area (Å²) in [5.74, 6) is 0.671. The number of ketones is 1. The smallest absolute Gasteiger partial charge is 0.307 e. The van der Waals surface area contributed by atoms with E-state index in [1.807, 2.05) is 30.3 Å². The zero-order valence-electron chi connectivity index (χ0n) is 14.2. The van der Waals surface area contributed by atoms with Gasteiger partial charge in [0.2, 0.25) is 5.88 Å². The maximum Gasteiger partial charge on any atom is 0.307 e. The Morgan fingerprint density at radius 1 is 1.23 bits per heavy atom. The Hall–Kier alpha value is -2.93. The quantitative estimate of drug-likeness (QED) is 0.624. The Morgan fingerprint density at radius 2 is 2.00 bits per heavy atom. The zero-order valence-corrected chi connectivity index (χ0v) is 15.0. The summed E-state index contributed by atoms with van der Waals surface area (Å²) in [6, 6.07) is 11.1. The molecule has 26 heavy (non-hydrogen) atoms. The number of hydrogen-bond donors (Lipinski definition) is 2. The van der Waals surface area contributed by atoms with Crippen molar-refractivity contribution in [3.63, 3.8) is 0 Å². The molecule has 0 radical (unpaired) electrons. The maximum atomic E-state index is 11.2. The van der Waals surface area contributed by atoms with Gasteiger partial charge < -0.3 is 9.84 Å². The minimum absolute atomic E-state index is 0.000577. The van der Waals surface area contributed by atoms with Gasteiger partial charge in [-0.25, -0.2) is 0 Å². The number of nitrogens with one attached hydrogen (secondary N) is 1. The molecule has 7 heteroatoms. The monoisotopic (exact) mass is 370 g/mol. The molecule has 3 rings (SSSR count). The van der Waals surface area contributed by atoms with Crippen LogP contribution in [0.3, 0.4) is 0 Å². The van der Waals surface area contributed by atoms with Crippen LogP contribution in [-0.4, -0.2) is 27.5 Å². The summed E-state index contributed by atoms with van der Waals surface area (Å²) >= 11 is 1.01. The number of aromatic hydroxyl groups is 1. The molecule has 0 bridgehead atoms. The van der Waals surface area contributed by atoms with Crippen LogP contribution in [0.25, 0.3) is 0 Å². The largest absolute Gasteiger partial charge is 0.494 e. The number of benzene rings is 1. The zero-order chi connectivity index (χ0) is 18.5. The van der Waals surface area contributed by atoms with E-state index in [4.69, 9.17) is 4.74 Å². The molecule has 2 heterocycles. The second-order valence-corrected chi connectivity index (χ2v) is 6.87. The summed E-state index contributed by atoms with van der Waals surface area (Å²) in [6.07, 6.45) is 2.71. The highest BCUT2D eigenvalue weighted by atomic mass is 32.1. The molecule has 0 saturated heterocycles. The fraction of sp³-hybridized carbons (Fsp3) is 0.211. The Kier molecular flexibility index (Phi) is 5.48. The molecule has 0 fully saturated rings. The van der Waals surface area contributed by atoms with Crippen LogP contribution in [0.5, 0.6) is 11.6 Å². The van der Waals surface area contributed by atoms with Crippen molar-refractivity contribution >= 4 is 17.1 Å². The van der Waals surface area contributed by atoms with Gasteiger partial charge in [-0.05, 0) is 36.8 Å².